The summed E-state index contributed by atoms with van der Waals surface area (Å²) in [6.45, 7) is 0. The van der Waals surface area contributed by atoms with Crippen molar-refractivity contribution in [2.75, 3.05) is 42.7 Å². The van der Waals surface area contributed by atoms with Crippen molar-refractivity contribution < 1.29 is 42.7 Å². The molecular weight excluding hydrogens is 476 g/mol. The second-order valence-electron chi connectivity index (χ2n) is 8.05. The first-order chi connectivity index (χ1) is 16.9. The van der Waals surface area contributed by atoms with Crippen molar-refractivity contribution in [2.24, 2.45) is 17.8 Å². The monoisotopic (exact) mass is 506 g/mol. The van der Waals surface area contributed by atoms with Gasteiger partial charge in [-0.1, -0.05) is 18.2 Å². The number of thiocarbonyl (C=S) groups is 1. The first kappa shape index (κ1) is 26.7. The summed E-state index contributed by atoms with van der Waals surface area (Å²) in [6, 6.07) is 5.48. The van der Waals surface area contributed by atoms with Crippen LogP contribution in [-0.2, 0) is 33.3 Å². The number of allylic oxidation sites excluding steroid dienone is 1. The highest BCUT2D eigenvalue weighted by atomic mass is 32.1. The maximum absolute atomic E-state index is 13.3. The number of hydrogen-bond donors (Lipinski definition) is 0. The van der Waals surface area contributed by atoms with Gasteiger partial charge in [0, 0.05) is 32.1 Å². The topological polar surface area (TPSA) is 98.8 Å². The summed E-state index contributed by atoms with van der Waals surface area (Å²) in [7, 11) is 8.67. The first-order valence-electron chi connectivity index (χ1n) is 10.8. The molecule has 3 aliphatic carbocycles. The minimum Gasteiger partial charge on any atom is -0.493 e. The number of hydrogen-bond acceptors (Lipinski definition) is 10. The lowest BCUT2D eigenvalue weighted by Crippen LogP contribution is -2.67. The molecule has 35 heavy (non-hydrogen) atoms. The molecule has 0 aliphatic heterocycles. The van der Waals surface area contributed by atoms with Crippen LogP contribution < -0.4 is 9.47 Å². The quantitative estimate of drug-likeness (QED) is 0.204. The number of esters is 2. The molecule has 5 atom stereocenters. The third-order valence-electron chi connectivity index (χ3n) is 6.80. The predicted octanol–water partition coefficient (Wildman–Crippen LogP) is 2.82. The van der Waals surface area contributed by atoms with E-state index in [4.69, 9.17) is 45.4 Å². The zero-order valence-electron chi connectivity index (χ0n) is 20.5. The highest BCUT2D eigenvalue weighted by molar-refractivity contribution is 7.78. The maximum atomic E-state index is 13.3. The van der Waals surface area contributed by atoms with E-state index in [1.165, 1.54) is 34.5 Å². The molecule has 0 spiro atoms. The van der Waals surface area contributed by atoms with Crippen LogP contribution in [-0.4, -0.2) is 72.0 Å². The van der Waals surface area contributed by atoms with Crippen molar-refractivity contribution in [3.05, 3.63) is 47.6 Å². The molecule has 0 heterocycles. The number of fused-ring (bicyclic) bond motifs is 2. The maximum Gasteiger partial charge on any atom is 0.330 e. The van der Waals surface area contributed by atoms with E-state index in [1.807, 2.05) is 18.2 Å². The summed E-state index contributed by atoms with van der Waals surface area (Å²) < 4.78 is 38.6. The Kier molecular flexibility index (Phi) is 8.52. The van der Waals surface area contributed by atoms with Crippen LogP contribution in [0.3, 0.4) is 0 Å². The third kappa shape index (κ3) is 4.53. The van der Waals surface area contributed by atoms with Crippen molar-refractivity contribution in [2.45, 2.75) is 17.8 Å². The van der Waals surface area contributed by atoms with Gasteiger partial charge in [0.1, 0.15) is 5.55 Å². The number of carbonyl (C=O) groups is 2. The molecule has 0 amide bonds. The number of ether oxygens (including phenoxy) is 7. The molecule has 190 valence electrons. The fourth-order valence-corrected chi connectivity index (χ4v) is 5.52. The first-order valence-corrected chi connectivity index (χ1v) is 11.3. The van der Waals surface area contributed by atoms with E-state index in [2.05, 4.69) is 0 Å². The number of carbonyl (C=O) groups excluding carboxylic acids is 2. The zero-order valence-corrected chi connectivity index (χ0v) is 21.3. The van der Waals surface area contributed by atoms with E-state index in [0.717, 1.165) is 11.1 Å². The molecule has 1 fully saturated rings. The standard InChI is InChI=1S/C25H30O9S/c1-28-17-9-7-14(12-18(17)29-2)20-16-11-15(8-10-19(26)30-3)22(21(20)24(27)31-4)25(32-5,33-6)23(16)34-13-35/h7-13,16,20-23H,1-6H3/b10-8+. The molecule has 0 radical (unpaired) electrons. The normalized spacial score (nSPS) is 26.6. The molecule has 2 bridgehead atoms. The number of methoxy groups -OCH3 is 6. The largest absolute Gasteiger partial charge is 0.493 e. The highest BCUT2D eigenvalue weighted by Crippen LogP contribution is 2.60. The van der Waals surface area contributed by atoms with Gasteiger partial charge in [-0.05, 0) is 35.5 Å². The summed E-state index contributed by atoms with van der Waals surface area (Å²) >= 11 is 5.03. The lowest BCUT2D eigenvalue weighted by Gasteiger charge is -2.58. The molecule has 1 saturated carbocycles. The fourth-order valence-electron chi connectivity index (χ4n) is 5.40. The van der Waals surface area contributed by atoms with Crippen LogP contribution >= 0.6 is 12.2 Å². The van der Waals surface area contributed by atoms with Crippen molar-refractivity contribution in [1.82, 2.24) is 0 Å². The lowest BCUT2D eigenvalue weighted by atomic mass is 9.53. The summed E-state index contributed by atoms with van der Waals surface area (Å²) in [5, 5.41) is 0. The molecular formula is C25H30O9S. The third-order valence-corrected chi connectivity index (χ3v) is 6.91. The van der Waals surface area contributed by atoms with Gasteiger partial charge >= 0.3 is 11.9 Å². The summed E-state index contributed by atoms with van der Waals surface area (Å²) in [5.74, 6) is -3.66. The van der Waals surface area contributed by atoms with Crippen LogP contribution in [0.4, 0.5) is 0 Å². The number of benzene rings is 1. The summed E-state index contributed by atoms with van der Waals surface area (Å²) in [6.07, 6.45) is 4.14. The SMILES string of the molecule is COC(=O)/C=C/C1=CC2C(c3ccc(OC)c(OC)c3)C(C(=O)OC)C1C(OC)(OC)C2OC=S. The summed E-state index contributed by atoms with van der Waals surface area (Å²) in [4.78, 5) is 25.2. The summed E-state index contributed by atoms with van der Waals surface area (Å²) in [5.41, 5.74) is 2.62. The molecule has 0 N–H and O–H groups in total. The van der Waals surface area contributed by atoms with E-state index in [0.29, 0.717) is 17.1 Å². The van der Waals surface area contributed by atoms with Gasteiger partial charge in [-0.25, -0.2) is 4.79 Å². The van der Waals surface area contributed by atoms with Crippen molar-refractivity contribution in [1.29, 1.82) is 0 Å². The minimum atomic E-state index is -1.39. The molecule has 10 heteroatoms. The van der Waals surface area contributed by atoms with Crippen molar-refractivity contribution in [3.8, 4) is 11.5 Å². The van der Waals surface area contributed by atoms with Crippen molar-refractivity contribution in [3.63, 3.8) is 0 Å². The van der Waals surface area contributed by atoms with Gasteiger partial charge in [0.15, 0.2) is 17.6 Å². The van der Waals surface area contributed by atoms with Gasteiger partial charge in [0.05, 0.1) is 40.3 Å². The van der Waals surface area contributed by atoms with E-state index in [1.54, 1.807) is 26.4 Å². The van der Waals surface area contributed by atoms with Crippen LogP contribution in [0.2, 0.25) is 0 Å². The number of rotatable bonds is 10. The van der Waals surface area contributed by atoms with Crippen LogP contribution in [0, 0.1) is 17.8 Å². The molecule has 3 aliphatic rings. The Bertz CT molecular complexity index is 1010. The molecule has 5 unspecified atom stereocenters. The fraction of sp³-hybridized carbons (Fsp3) is 0.480. The molecule has 4 rings (SSSR count). The Morgan fingerprint density at radius 2 is 1.66 bits per heavy atom. The Morgan fingerprint density at radius 1 is 0.971 bits per heavy atom. The highest BCUT2D eigenvalue weighted by Gasteiger charge is 2.67. The smallest absolute Gasteiger partial charge is 0.330 e. The van der Waals surface area contributed by atoms with Gasteiger partial charge in [0.25, 0.3) is 0 Å². The van der Waals surface area contributed by atoms with Gasteiger partial charge in [-0.15, -0.1) is 0 Å². The van der Waals surface area contributed by atoms with E-state index < -0.39 is 47.5 Å². The average molecular weight is 507 g/mol. The van der Waals surface area contributed by atoms with E-state index >= 15 is 0 Å². The molecule has 1 aromatic carbocycles. The Morgan fingerprint density at radius 3 is 2.20 bits per heavy atom. The van der Waals surface area contributed by atoms with Gasteiger partial charge in [0.2, 0.25) is 5.79 Å². The Balaban J connectivity index is 2.29. The Hall–Kier alpha value is -2.95. The van der Waals surface area contributed by atoms with Crippen LogP contribution in [0.1, 0.15) is 11.5 Å². The molecule has 0 saturated heterocycles. The Labute approximate surface area is 209 Å². The zero-order chi connectivity index (χ0) is 25.8. The molecule has 1 aromatic rings. The second kappa shape index (κ2) is 11.2. The average Bonchev–Trinajstić information content (AvgIpc) is 2.90. The van der Waals surface area contributed by atoms with Crippen LogP contribution in [0.15, 0.2) is 42.0 Å². The van der Waals surface area contributed by atoms with Crippen molar-refractivity contribution >= 4 is 29.7 Å². The molecule has 9 nitrogen and oxygen atoms in total. The second-order valence-corrected chi connectivity index (χ2v) is 8.24. The van der Waals surface area contributed by atoms with Gasteiger partial charge in [-0.2, -0.15) is 0 Å². The van der Waals surface area contributed by atoms with E-state index in [-0.39, 0.29) is 0 Å². The van der Waals surface area contributed by atoms with Crippen LogP contribution in [0.5, 0.6) is 11.5 Å². The lowest BCUT2D eigenvalue weighted by molar-refractivity contribution is -0.312. The van der Waals surface area contributed by atoms with Gasteiger partial charge < -0.3 is 33.2 Å². The van der Waals surface area contributed by atoms with Crippen LogP contribution in [0.25, 0.3) is 0 Å². The minimum absolute atomic E-state index is 0.416. The van der Waals surface area contributed by atoms with Gasteiger partial charge in [-0.3, -0.25) is 4.79 Å². The molecule has 0 aromatic heterocycles. The van der Waals surface area contributed by atoms with E-state index in [9.17, 15) is 9.59 Å². The predicted molar refractivity (Wildman–Crippen MR) is 129 cm³/mol.